The molecular formula is C16H24Cl2N2O2. The molecule has 22 heavy (non-hydrogen) atoms. The zero-order chi connectivity index (χ0) is 15.9. The van der Waals surface area contributed by atoms with Gasteiger partial charge in [0.15, 0.2) is 5.75 Å². The van der Waals surface area contributed by atoms with E-state index in [1.165, 1.54) is 0 Å². The van der Waals surface area contributed by atoms with E-state index in [2.05, 4.69) is 16.7 Å². The van der Waals surface area contributed by atoms with Crippen molar-refractivity contribution in [3.8, 4) is 5.75 Å². The standard InChI is InChI=1S/C16H24Cl2N2O2/c1-2-13(12-21)20-8-6-19(7-9-20)10-11-22-16-14(17)4-3-5-15(16)18/h3-5,13,21H,2,6-12H2,1H3. The van der Waals surface area contributed by atoms with Gasteiger partial charge < -0.3 is 9.84 Å². The fourth-order valence-corrected chi connectivity index (χ4v) is 3.26. The molecule has 1 fully saturated rings. The first-order valence-electron chi connectivity index (χ1n) is 7.79. The number of halogens is 2. The van der Waals surface area contributed by atoms with Crippen LogP contribution in [0.25, 0.3) is 0 Å². The Kier molecular flexibility index (Phi) is 7.25. The van der Waals surface area contributed by atoms with Crippen LogP contribution in [0.15, 0.2) is 18.2 Å². The van der Waals surface area contributed by atoms with Gasteiger partial charge in [-0.05, 0) is 18.6 Å². The summed E-state index contributed by atoms with van der Waals surface area (Å²) in [6.07, 6.45) is 0.991. The summed E-state index contributed by atoms with van der Waals surface area (Å²) in [6.45, 7) is 7.76. The summed E-state index contributed by atoms with van der Waals surface area (Å²) in [4.78, 5) is 4.73. The van der Waals surface area contributed by atoms with E-state index in [0.29, 0.717) is 28.4 Å². The first-order chi connectivity index (χ1) is 10.7. The van der Waals surface area contributed by atoms with Crippen molar-refractivity contribution in [2.75, 3.05) is 45.9 Å². The highest BCUT2D eigenvalue weighted by molar-refractivity contribution is 6.37. The molecule has 0 bridgehead atoms. The zero-order valence-corrected chi connectivity index (χ0v) is 14.5. The van der Waals surface area contributed by atoms with E-state index >= 15 is 0 Å². The summed E-state index contributed by atoms with van der Waals surface area (Å²) in [5.41, 5.74) is 0. The quantitative estimate of drug-likeness (QED) is 0.823. The molecule has 0 aromatic heterocycles. The van der Waals surface area contributed by atoms with E-state index in [1.807, 2.05) is 6.07 Å². The Labute approximate surface area is 142 Å². The van der Waals surface area contributed by atoms with Crippen LogP contribution in [0.4, 0.5) is 0 Å². The fourth-order valence-electron chi connectivity index (χ4n) is 2.75. The van der Waals surface area contributed by atoms with Crippen LogP contribution in [0.3, 0.4) is 0 Å². The molecule has 0 saturated carbocycles. The maximum atomic E-state index is 9.36. The van der Waals surface area contributed by atoms with Crippen molar-refractivity contribution in [3.63, 3.8) is 0 Å². The summed E-state index contributed by atoms with van der Waals surface area (Å²) in [6, 6.07) is 5.66. The molecule has 1 N–H and O–H groups in total. The summed E-state index contributed by atoms with van der Waals surface area (Å²) in [5.74, 6) is 0.566. The van der Waals surface area contributed by atoms with E-state index in [1.54, 1.807) is 12.1 Å². The SMILES string of the molecule is CCC(CO)N1CCN(CCOc2c(Cl)cccc2Cl)CC1. The van der Waals surface area contributed by atoms with Gasteiger partial charge in [0.2, 0.25) is 0 Å². The molecule has 0 spiro atoms. The van der Waals surface area contributed by atoms with Gasteiger partial charge in [-0.25, -0.2) is 0 Å². The number of aliphatic hydroxyl groups is 1. The summed E-state index contributed by atoms with van der Waals surface area (Å²) < 4.78 is 5.73. The Hall–Kier alpha value is -0.520. The first kappa shape index (κ1) is 17.8. The average Bonchev–Trinajstić information content (AvgIpc) is 2.53. The van der Waals surface area contributed by atoms with Gasteiger partial charge in [0, 0.05) is 38.8 Å². The zero-order valence-electron chi connectivity index (χ0n) is 13.0. The van der Waals surface area contributed by atoms with Crippen LogP contribution in [0.1, 0.15) is 13.3 Å². The number of hydrogen-bond acceptors (Lipinski definition) is 4. The third-order valence-corrected chi connectivity index (χ3v) is 4.77. The third-order valence-electron chi connectivity index (χ3n) is 4.18. The van der Waals surface area contributed by atoms with Crippen molar-refractivity contribution in [2.45, 2.75) is 19.4 Å². The molecular weight excluding hydrogens is 323 g/mol. The fraction of sp³-hybridized carbons (Fsp3) is 0.625. The highest BCUT2D eigenvalue weighted by Crippen LogP contribution is 2.32. The van der Waals surface area contributed by atoms with E-state index in [-0.39, 0.29) is 6.61 Å². The van der Waals surface area contributed by atoms with Crippen molar-refractivity contribution in [3.05, 3.63) is 28.2 Å². The summed E-state index contributed by atoms with van der Waals surface area (Å²) in [7, 11) is 0. The second kappa shape index (κ2) is 8.94. The lowest BCUT2D eigenvalue weighted by Crippen LogP contribution is -2.51. The highest BCUT2D eigenvalue weighted by atomic mass is 35.5. The smallest absolute Gasteiger partial charge is 0.156 e. The van der Waals surface area contributed by atoms with Crippen LogP contribution in [-0.2, 0) is 0 Å². The van der Waals surface area contributed by atoms with Gasteiger partial charge in [-0.15, -0.1) is 0 Å². The van der Waals surface area contributed by atoms with Crippen molar-refractivity contribution in [1.29, 1.82) is 0 Å². The van der Waals surface area contributed by atoms with Gasteiger partial charge in [0.1, 0.15) is 6.61 Å². The number of para-hydroxylation sites is 1. The molecule has 0 amide bonds. The van der Waals surface area contributed by atoms with Crippen molar-refractivity contribution < 1.29 is 9.84 Å². The van der Waals surface area contributed by atoms with E-state index in [4.69, 9.17) is 27.9 Å². The highest BCUT2D eigenvalue weighted by Gasteiger charge is 2.22. The molecule has 1 aromatic rings. The lowest BCUT2D eigenvalue weighted by atomic mass is 10.1. The second-order valence-electron chi connectivity index (χ2n) is 5.52. The van der Waals surface area contributed by atoms with Gasteiger partial charge in [-0.1, -0.05) is 36.2 Å². The Morgan fingerprint density at radius 3 is 2.36 bits per heavy atom. The molecule has 6 heteroatoms. The Bertz CT molecular complexity index is 441. The lowest BCUT2D eigenvalue weighted by Gasteiger charge is -2.38. The Balaban J connectivity index is 1.73. The Morgan fingerprint density at radius 1 is 1.18 bits per heavy atom. The second-order valence-corrected chi connectivity index (χ2v) is 6.34. The predicted octanol–water partition coefficient (Wildman–Crippen LogP) is 2.76. The van der Waals surface area contributed by atoms with Crippen LogP contribution in [-0.4, -0.2) is 66.9 Å². The average molecular weight is 347 g/mol. The number of ether oxygens (including phenoxy) is 1. The maximum absolute atomic E-state index is 9.36. The number of benzene rings is 1. The lowest BCUT2D eigenvalue weighted by molar-refractivity contribution is 0.0584. The number of nitrogens with zero attached hydrogens (tertiary/aromatic N) is 2. The molecule has 1 atom stereocenters. The van der Waals surface area contributed by atoms with Crippen molar-refractivity contribution in [1.82, 2.24) is 9.80 Å². The third kappa shape index (κ3) is 4.74. The molecule has 0 aliphatic carbocycles. The van der Waals surface area contributed by atoms with E-state index < -0.39 is 0 Å². The van der Waals surface area contributed by atoms with Crippen LogP contribution in [0, 0.1) is 0 Å². The minimum atomic E-state index is 0.241. The topological polar surface area (TPSA) is 35.9 Å². The van der Waals surface area contributed by atoms with Crippen molar-refractivity contribution in [2.24, 2.45) is 0 Å². The van der Waals surface area contributed by atoms with Gasteiger partial charge in [0.25, 0.3) is 0 Å². The molecule has 1 aromatic carbocycles. The summed E-state index contributed by atoms with van der Waals surface area (Å²) >= 11 is 12.2. The maximum Gasteiger partial charge on any atom is 0.156 e. The van der Waals surface area contributed by atoms with E-state index in [9.17, 15) is 5.11 Å². The van der Waals surface area contributed by atoms with E-state index in [0.717, 1.165) is 39.1 Å². The number of aliphatic hydroxyl groups excluding tert-OH is 1. The summed E-state index contributed by atoms with van der Waals surface area (Å²) in [5, 5.41) is 10.5. The normalized spacial score (nSPS) is 18.4. The van der Waals surface area contributed by atoms with Gasteiger partial charge in [0.05, 0.1) is 16.7 Å². The van der Waals surface area contributed by atoms with Crippen LogP contribution >= 0.6 is 23.2 Å². The van der Waals surface area contributed by atoms with Crippen molar-refractivity contribution >= 4 is 23.2 Å². The number of piperazine rings is 1. The molecule has 1 aliphatic heterocycles. The number of rotatable bonds is 7. The van der Waals surface area contributed by atoms with Crippen LogP contribution in [0.5, 0.6) is 5.75 Å². The molecule has 1 unspecified atom stereocenters. The molecule has 4 nitrogen and oxygen atoms in total. The number of hydrogen-bond donors (Lipinski definition) is 1. The van der Waals surface area contributed by atoms with Gasteiger partial charge in [-0.2, -0.15) is 0 Å². The first-order valence-corrected chi connectivity index (χ1v) is 8.55. The monoisotopic (exact) mass is 346 g/mol. The molecule has 1 saturated heterocycles. The van der Waals surface area contributed by atoms with Gasteiger partial charge in [-0.3, -0.25) is 9.80 Å². The molecule has 2 rings (SSSR count). The molecule has 1 heterocycles. The predicted molar refractivity (Wildman–Crippen MR) is 91.1 cm³/mol. The largest absolute Gasteiger partial charge is 0.489 e. The molecule has 1 aliphatic rings. The molecule has 0 radical (unpaired) electrons. The minimum Gasteiger partial charge on any atom is -0.489 e. The molecule has 124 valence electrons. The minimum absolute atomic E-state index is 0.241. The Morgan fingerprint density at radius 2 is 1.82 bits per heavy atom. The van der Waals surface area contributed by atoms with Crippen LogP contribution < -0.4 is 4.74 Å². The van der Waals surface area contributed by atoms with Gasteiger partial charge >= 0.3 is 0 Å². The van der Waals surface area contributed by atoms with Crippen LogP contribution in [0.2, 0.25) is 10.0 Å².